The predicted octanol–water partition coefficient (Wildman–Crippen LogP) is 8.51. The summed E-state index contributed by atoms with van der Waals surface area (Å²) in [6, 6.07) is 19.4. The third-order valence-electron chi connectivity index (χ3n) is 8.47. The first kappa shape index (κ1) is 27.6. The molecule has 5 rings (SSSR count). The molecule has 208 valence electrons. The van der Waals surface area contributed by atoms with Gasteiger partial charge in [0.1, 0.15) is 17.2 Å². The van der Waals surface area contributed by atoms with Crippen molar-refractivity contribution in [3.63, 3.8) is 0 Å². The van der Waals surface area contributed by atoms with Crippen molar-refractivity contribution < 1.29 is 9.47 Å². The van der Waals surface area contributed by atoms with Gasteiger partial charge in [0, 0.05) is 35.1 Å². The van der Waals surface area contributed by atoms with Gasteiger partial charge in [-0.3, -0.25) is 0 Å². The zero-order valence-corrected chi connectivity index (χ0v) is 25.0. The van der Waals surface area contributed by atoms with Crippen molar-refractivity contribution in [2.75, 3.05) is 19.1 Å². The maximum atomic E-state index is 5.83. The maximum absolute atomic E-state index is 5.83. The smallest absolute Gasteiger partial charge is 0.127 e. The maximum Gasteiger partial charge on any atom is 0.127 e. The summed E-state index contributed by atoms with van der Waals surface area (Å²) < 4.78 is 11.4. The number of hydrogen-bond acceptors (Lipinski definition) is 4. The van der Waals surface area contributed by atoms with E-state index in [2.05, 4.69) is 124 Å². The molecule has 3 aromatic carbocycles. The molecule has 1 saturated carbocycles. The molecule has 0 N–H and O–H groups in total. The van der Waals surface area contributed by atoms with E-state index in [1.54, 1.807) is 14.2 Å². The second-order valence-electron chi connectivity index (χ2n) is 11.3. The Kier molecular flexibility index (Phi) is 7.80. The van der Waals surface area contributed by atoms with E-state index in [0.717, 1.165) is 30.8 Å². The lowest BCUT2D eigenvalue weighted by Gasteiger charge is -2.37. The lowest BCUT2D eigenvalue weighted by Crippen LogP contribution is -2.45. The Morgan fingerprint density at radius 2 is 1.48 bits per heavy atom. The van der Waals surface area contributed by atoms with Crippen LogP contribution in [-0.2, 0) is 6.42 Å². The number of nitrogens with zero attached hydrogens (tertiary/aromatic N) is 2. The van der Waals surface area contributed by atoms with E-state index in [1.807, 2.05) is 6.07 Å². The molecule has 0 aromatic heterocycles. The molecule has 2 aliphatic rings. The molecule has 1 aliphatic heterocycles. The number of methoxy groups -OCH3 is 2. The third kappa shape index (κ3) is 5.03. The number of ether oxygens (including phenoxy) is 2. The third-order valence-corrected chi connectivity index (χ3v) is 8.47. The normalized spacial score (nSPS) is 16.7. The molecule has 1 fully saturated rings. The van der Waals surface area contributed by atoms with Gasteiger partial charge in [-0.1, -0.05) is 60.2 Å². The zero-order chi connectivity index (χ0) is 28.4. The highest BCUT2D eigenvalue weighted by Gasteiger charge is 2.55. The molecule has 1 aliphatic carbocycles. The van der Waals surface area contributed by atoms with Crippen LogP contribution in [0.2, 0.25) is 0 Å². The Bertz CT molecular complexity index is 1480. The fourth-order valence-corrected chi connectivity index (χ4v) is 6.18. The fourth-order valence-electron chi connectivity index (χ4n) is 6.18. The quantitative estimate of drug-likeness (QED) is 0.257. The van der Waals surface area contributed by atoms with Crippen LogP contribution in [0, 0.1) is 20.8 Å². The summed E-state index contributed by atoms with van der Waals surface area (Å²) >= 11 is 0. The van der Waals surface area contributed by atoms with Crippen molar-refractivity contribution in [1.29, 1.82) is 0 Å². The summed E-state index contributed by atoms with van der Waals surface area (Å²) in [5.74, 6) is 1.88. The van der Waals surface area contributed by atoms with E-state index in [0.29, 0.717) is 0 Å². The second-order valence-corrected chi connectivity index (χ2v) is 11.3. The molecule has 1 spiro atoms. The number of allylic oxidation sites excluding steroid dienone is 3. The Morgan fingerprint density at radius 1 is 0.850 bits per heavy atom. The van der Waals surface area contributed by atoms with Gasteiger partial charge in [-0.2, -0.15) is 0 Å². The number of anilines is 1. The van der Waals surface area contributed by atoms with Gasteiger partial charge in [-0.05, 0) is 88.8 Å². The van der Waals surface area contributed by atoms with E-state index in [1.165, 1.54) is 44.6 Å². The Labute approximate surface area is 240 Å². The standard InChI is InChI=1S/C36H42N2O2/c1-25(24-30-26(2)13-10-18-32(30)39-6)12-8-16-29(5)37-22-23-38(36(37)20-21-36)31-17-9-14-27(3)34(31)35-28(4)15-11-19-33(35)40-7/h8-19,22-23,29H,20-21,24H2,1-7H3/b16-8-,25-12-. The van der Waals surface area contributed by atoms with E-state index < -0.39 is 0 Å². The SMILES string of the molecule is COc1cccc(C)c1C/C(C)=C\C=C/C(C)N1C=CN(c2cccc(C)c2-c2c(C)cccc2OC)C12CC2. The molecule has 1 unspecified atom stereocenters. The summed E-state index contributed by atoms with van der Waals surface area (Å²) in [5.41, 5.74) is 9.97. The summed E-state index contributed by atoms with van der Waals surface area (Å²) in [7, 11) is 3.51. The molecule has 40 heavy (non-hydrogen) atoms. The van der Waals surface area contributed by atoms with Crippen LogP contribution in [0.5, 0.6) is 11.5 Å². The predicted molar refractivity (Wildman–Crippen MR) is 167 cm³/mol. The molecule has 4 nitrogen and oxygen atoms in total. The Balaban J connectivity index is 1.38. The molecule has 0 radical (unpaired) electrons. The van der Waals surface area contributed by atoms with Crippen molar-refractivity contribution in [2.45, 2.75) is 65.6 Å². The summed E-state index contributed by atoms with van der Waals surface area (Å²) in [6.07, 6.45) is 14.5. The van der Waals surface area contributed by atoms with E-state index in [4.69, 9.17) is 9.47 Å². The average Bonchev–Trinajstić information content (AvgIpc) is 3.64. The molecule has 4 heteroatoms. The Morgan fingerprint density at radius 3 is 2.15 bits per heavy atom. The molecule has 3 aromatic rings. The molecular weight excluding hydrogens is 492 g/mol. The Hall–Kier alpha value is -3.92. The summed E-state index contributed by atoms with van der Waals surface area (Å²) in [5, 5.41) is 0. The van der Waals surface area contributed by atoms with E-state index in [-0.39, 0.29) is 11.7 Å². The van der Waals surface area contributed by atoms with Crippen LogP contribution < -0.4 is 14.4 Å². The highest BCUT2D eigenvalue weighted by Crippen LogP contribution is 2.54. The van der Waals surface area contributed by atoms with Crippen molar-refractivity contribution in [3.8, 4) is 22.6 Å². The first-order valence-corrected chi connectivity index (χ1v) is 14.3. The average molecular weight is 535 g/mol. The van der Waals surface area contributed by atoms with Crippen LogP contribution in [-0.4, -0.2) is 30.8 Å². The van der Waals surface area contributed by atoms with Crippen LogP contribution in [0.15, 0.2) is 90.8 Å². The number of aryl methyl sites for hydroxylation is 3. The van der Waals surface area contributed by atoms with Crippen LogP contribution >= 0.6 is 0 Å². The van der Waals surface area contributed by atoms with E-state index >= 15 is 0 Å². The molecular formula is C36H42N2O2. The summed E-state index contributed by atoms with van der Waals surface area (Å²) in [4.78, 5) is 5.02. The highest BCUT2D eigenvalue weighted by atomic mass is 16.5. The number of rotatable bonds is 9. The van der Waals surface area contributed by atoms with Gasteiger partial charge < -0.3 is 19.3 Å². The first-order valence-electron chi connectivity index (χ1n) is 14.3. The molecule has 0 saturated heterocycles. The van der Waals surface area contributed by atoms with Gasteiger partial charge in [-0.25, -0.2) is 0 Å². The van der Waals surface area contributed by atoms with Crippen LogP contribution in [0.25, 0.3) is 11.1 Å². The minimum Gasteiger partial charge on any atom is -0.496 e. The van der Waals surface area contributed by atoms with Crippen LogP contribution in [0.4, 0.5) is 5.69 Å². The van der Waals surface area contributed by atoms with Crippen molar-refractivity contribution in [2.24, 2.45) is 0 Å². The van der Waals surface area contributed by atoms with Crippen LogP contribution in [0.1, 0.15) is 48.9 Å². The minimum atomic E-state index is -0.0184. The van der Waals surface area contributed by atoms with Gasteiger partial charge in [0.25, 0.3) is 0 Å². The highest BCUT2D eigenvalue weighted by molar-refractivity contribution is 5.88. The van der Waals surface area contributed by atoms with Gasteiger partial charge in [0.2, 0.25) is 0 Å². The number of hydrogen-bond donors (Lipinski definition) is 0. The van der Waals surface area contributed by atoms with Crippen molar-refractivity contribution >= 4 is 5.69 Å². The van der Waals surface area contributed by atoms with Crippen molar-refractivity contribution in [1.82, 2.24) is 4.90 Å². The monoisotopic (exact) mass is 534 g/mol. The lowest BCUT2D eigenvalue weighted by atomic mass is 9.93. The lowest BCUT2D eigenvalue weighted by molar-refractivity contribution is 0.249. The minimum absolute atomic E-state index is 0.0184. The van der Waals surface area contributed by atoms with Crippen LogP contribution in [0.3, 0.4) is 0 Å². The van der Waals surface area contributed by atoms with Gasteiger partial charge in [-0.15, -0.1) is 0 Å². The largest absolute Gasteiger partial charge is 0.496 e. The molecule has 1 atom stereocenters. The fraction of sp³-hybridized carbons (Fsp3) is 0.333. The topological polar surface area (TPSA) is 24.9 Å². The summed E-state index contributed by atoms with van der Waals surface area (Å²) in [6.45, 7) is 11.0. The van der Waals surface area contributed by atoms with Gasteiger partial charge in [0.05, 0.1) is 19.9 Å². The number of benzene rings is 3. The second kappa shape index (κ2) is 11.3. The zero-order valence-electron chi connectivity index (χ0n) is 25.0. The molecule has 0 amide bonds. The van der Waals surface area contributed by atoms with Crippen molar-refractivity contribution in [3.05, 3.63) is 113 Å². The van der Waals surface area contributed by atoms with Gasteiger partial charge >= 0.3 is 0 Å². The first-order chi connectivity index (χ1) is 19.3. The molecule has 0 bridgehead atoms. The van der Waals surface area contributed by atoms with E-state index in [9.17, 15) is 0 Å². The molecule has 1 heterocycles. The van der Waals surface area contributed by atoms with Gasteiger partial charge in [0.15, 0.2) is 0 Å².